The molecular weight excluding hydrogens is 342 g/mol. The predicted octanol–water partition coefficient (Wildman–Crippen LogP) is 4.25. The minimum Gasteiger partial charge on any atom is -0.370 e. The summed E-state index contributed by atoms with van der Waals surface area (Å²) in [6.45, 7) is 7.07. The molecule has 0 radical (unpaired) electrons. The first-order chi connectivity index (χ1) is 12.9. The van der Waals surface area contributed by atoms with Gasteiger partial charge in [0.05, 0.1) is 0 Å². The van der Waals surface area contributed by atoms with Gasteiger partial charge in [0, 0.05) is 31.0 Å². The van der Waals surface area contributed by atoms with Crippen LogP contribution < -0.4 is 5.73 Å². The maximum atomic E-state index is 12.8. The van der Waals surface area contributed by atoms with Gasteiger partial charge in [0.15, 0.2) is 5.69 Å². The molecule has 2 N–H and O–H groups in total. The van der Waals surface area contributed by atoms with Crippen LogP contribution in [0.2, 0.25) is 0 Å². The third kappa shape index (κ3) is 7.00. The van der Waals surface area contributed by atoms with E-state index in [-0.39, 0.29) is 11.8 Å². The van der Waals surface area contributed by atoms with E-state index in [1.54, 1.807) is 0 Å². The smallest absolute Gasteiger partial charge is 0.276 e. The molecule has 0 saturated heterocycles. The van der Waals surface area contributed by atoms with Crippen molar-refractivity contribution in [3.05, 3.63) is 17.5 Å². The normalized spacial score (nSPS) is 17.3. The number of rotatable bonds is 7. The fraction of sp³-hybridized carbons (Fsp3) is 0.762. The highest BCUT2D eigenvalue weighted by atomic mass is 16.5. The van der Waals surface area contributed by atoms with Crippen molar-refractivity contribution in [3.8, 4) is 0 Å². The number of primary amides is 1. The van der Waals surface area contributed by atoms with Gasteiger partial charge in [0.2, 0.25) is 5.91 Å². The zero-order valence-electron chi connectivity index (χ0n) is 17.1. The van der Waals surface area contributed by atoms with Crippen molar-refractivity contribution in [3.63, 3.8) is 0 Å². The molecule has 0 spiro atoms. The second-order valence-electron chi connectivity index (χ2n) is 8.25. The van der Waals surface area contributed by atoms with E-state index in [2.05, 4.69) is 23.9 Å². The Bertz CT molecular complexity index is 602. The van der Waals surface area contributed by atoms with Crippen molar-refractivity contribution in [2.75, 3.05) is 6.54 Å². The zero-order valence-corrected chi connectivity index (χ0v) is 17.1. The molecule has 27 heavy (non-hydrogen) atoms. The molecule has 2 saturated carbocycles. The van der Waals surface area contributed by atoms with E-state index in [1.807, 2.05) is 13.0 Å². The van der Waals surface area contributed by atoms with E-state index in [0.717, 1.165) is 31.6 Å². The summed E-state index contributed by atoms with van der Waals surface area (Å²) in [5.41, 5.74) is 5.27. The van der Waals surface area contributed by atoms with E-state index in [0.29, 0.717) is 30.0 Å². The van der Waals surface area contributed by atoms with Crippen LogP contribution in [0.1, 0.15) is 101 Å². The minimum absolute atomic E-state index is 0.0613. The van der Waals surface area contributed by atoms with E-state index < -0.39 is 0 Å². The van der Waals surface area contributed by atoms with Crippen LogP contribution in [-0.4, -0.2) is 34.5 Å². The van der Waals surface area contributed by atoms with Gasteiger partial charge in [-0.1, -0.05) is 45.2 Å². The first-order valence-electron chi connectivity index (χ1n) is 10.5. The first-order valence-corrected chi connectivity index (χ1v) is 10.5. The summed E-state index contributed by atoms with van der Waals surface area (Å²) >= 11 is 0. The number of amides is 2. The molecule has 1 aromatic heterocycles. The fourth-order valence-corrected chi connectivity index (χ4v) is 3.53. The summed E-state index contributed by atoms with van der Waals surface area (Å²) in [5, 5.41) is 4.03. The molecule has 6 heteroatoms. The maximum Gasteiger partial charge on any atom is 0.276 e. The molecule has 2 aliphatic carbocycles. The Balaban J connectivity index is 0.000000380. The van der Waals surface area contributed by atoms with Gasteiger partial charge >= 0.3 is 0 Å². The maximum absolute atomic E-state index is 12.8. The lowest BCUT2D eigenvalue weighted by Gasteiger charge is -2.35. The topological polar surface area (TPSA) is 89.4 Å². The van der Waals surface area contributed by atoms with E-state index in [1.165, 1.54) is 32.1 Å². The summed E-state index contributed by atoms with van der Waals surface area (Å²) in [6, 6.07) is 2.26. The zero-order chi connectivity index (χ0) is 19.8. The van der Waals surface area contributed by atoms with E-state index in [9.17, 15) is 9.59 Å². The Morgan fingerprint density at radius 3 is 2.37 bits per heavy atom. The Hall–Kier alpha value is -1.85. The number of hydrogen-bond donors (Lipinski definition) is 1. The van der Waals surface area contributed by atoms with Crippen LogP contribution in [0.5, 0.6) is 0 Å². The highest BCUT2D eigenvalue weighted by Crippen LogP contribution is 2.40. The minimum atomic E-state index is -0.211. The highest BCUT2D eigenvalue weighted by molar-refractivity contribution is 5.92. The number of aromatic nitrogens is 1. The molecule has 0 bridgehead atoms. The fourth-order valence-electron chi connectivity index (χ4n) is 3.53. The van der Waals surface area contributed by atoms with Crippen molar-refractivity contribution in [2.24, 2.45) is 11.7 Å². The van der Waals surface area contributed by atoms with Crippen molar-refractivity contribution < 1.29 is 14.1 Å². The van der Waals surface area contributed by atoms with Gasteiger partial charge in [0.1, 0.15) is 5.76 Å². The average Bonchev–Trinajstić information content (AvgIpc) is 3.37. The molecular formula is C21H35N3O3. The Morgan fingerprint density at radius 2 is 1.89 bits per heavy atom. The molecule has 3 rings (SSSR count). The standard InChI is InChI=1S/C17H26N2O2.C4H9NO/c1-12(2)11-19(14-6-4-3-5-7-14)17(20)15-10-16(21-18-15)13-8-9-13;1-2-3-4(5)6/h10,12-14H,3-9,11H2,1-2H3;2-3H2,1H3,(H2,5,6). The molecule has 0 atom stereocenters. The van der Waals surface area contributed by atoms with Gasteiger partial charge in [-0.15, -0.1) is 0 Å². The van der Waals surface area contributed by atoms with E-state index in [4.69, 9.17) is 10.3 Å². The molecule has 1 heterocycles. The predicted molar refractivity (Wildman–Crippen MR) is 105 cm³/mol. The summed E-state index contributed by atoms with van der Waals surface area (Å²) in [4.78, 5) is 24.7. The van der Waals surface area contributed by atoms with Crippen molar-refractivity contribution in [1.82, 2.24) is 10.1 Å². The van der Waals surface area contributed by atoms with Crippen LogP contribution in [0.25, 0.3) is 0 Å². The highest BCUT2D eigenvalue weighted by Gasteiger charge is 2.32. The summed E-state index contributed by atoms with van der Waals surface area (Å²) in [5.74, 6) is 1.73. The Kier molecular flexibility index (Phi) is 8.32. The Morgan fingerprint density at radius 1 is 1.22 bits per heavy atom. The molecule has 0 aromatic carbocycles. The van der Waals surface area contributed by atoms with Crippen molar-refractivity contribution in [1.29, 1.82) is 0 Å². The number of nitrogens with zero attached hydrogens (tertiary/aromatic N) is 2. The SMILES string of the molecule is CC(C)CN(C(=O)c1cc(C2CC2)on1)C1CCCCC1.CCCC(N)=O. The molecule has 2 aliphatic rings. The van der Waals surface area contributed by atoms with Gasteiger partial charge in [-0.3, -0.25) is 9.59 Å². The van der Waals surface area contributed by atoms with Gasteiger partial charge in [-0.05, 0) is 38.0 Å². The van der Waals surface area contributed by atoms with Gasteiger partial charge in [-0.2, -0.15) is 0 Å². The largest absolute Gasteiger partial charge is 0.370 e. The molecule has 2 amide bonds. The Labute approximate surface area is 162 Å². The molecule has 0 unspecified atom stereocenters. The van der Waals surface area contributed by atoms with E-state index >= 15 is 0 Å². The number of carbonyl (C=O) groups excluding carboxylic acids is 2. The molecule has 2 fully saturated rings. The summed E-state index contributed by atoms with van der Waals surface area (Å²) in [6.07, 6.45) is 9.74. The van der Waals surface area contributed by atoms with Crippen LogP contribution in [-0.2, 0) is 4.79 Å². The van der Waals surface area contributed by atoms with Crippen LogP contribution in [0.4, 0.5) is 0 Å². The van der Waals surface area contributed by atoms with Gasteiger partial charge in [-0.25, -0.2) is 0 Å². The summed E-state index contributed by atoms with van der Waals surface area (Å²) in [7, 11) is 0. The second kappa shape index (κ2) is 10.5. The second-order valence-corrected chi connectivity index (χ2v) is 8.25. The van der Waals surface area contributed by atoms with Crippen LogP contribution >= 0.6 is 0 Å². The quantitative estimate of drug-likeness (QED) is 0.769. The number of hydrogen-bond acceptors (Lipinski definition) is 4. The molecule has 1 aromatic rings. The number of carbonyl (C=O) groups is 2. The van der Waals surface area contributed by atoms with Crippen molar-refractivity contribution in [2.45, 2.75) is 90.5 Å². The first kappa shape index (κ1) is 21.5. The number of nitrogens with two attached hydrogens (primary N) is 1. The lowest BCUT2D eigenvalue weighted by atomic mass is 9.93. The molecule has 6 nitrogen and oxygen atoms in total. The van der Waals surface area contributed by atoms with Crippen molar-refractivity contribution >= 4 is 11.8 Å². The lowest BCUT2D eigenvalue weighted by Crippen LogP contribution is -2.43. The lowest BCUT2D eigenvalue weighted by molar-refractivity contribution is -0.118. The molecule has 0 aliphatic heterocycles. The third-order valence-electron chi connectivity index (χ3n) is 5.06. The summed E-state index contributed by atoms with van der Waals surface area (Å²) < 4.78 is 5.35. The van der Waals surface area contributed by atoms with Crippen LogP contribution in [0, 0.1) is 5.92 Å². The average molecular weight is 378 g/mol. The third-order valence-corrected chi connectivity index (χ3v) is 5.06. The monoisotopic (exact) mass is 377 g/mol. The van der Waals surface area contributed by atoms with Crippen LogP contribution in [0.3, 0.4) is 0 Å². The van der Waals surface area contributed by atoms with Gasteiger partial charge in [0.25, 0.3) is 5.91 Å². The molecule has 152 valence electrons. The van der Waals surface area contributed by atoms with Crippen LogP contribution in [0.15, 0.2) is 10.6 Å². The van der Waals surface area contributed by atoms with Gasteiger partial charge < -0.3 is 15.2 Å².